The minimum absolute atomic E-state index is 0.0874. The Hall–Kier alpha value is -1.94. The summed E-state index contributed by atoms with van der Waals surface area (Å²) in [4.78, 5) is 15.5. The maximum atomic E-state index is 12.6. The highest BCUT2D eigenvalue weighted by Crippen LogP contribution is 2.25. The average molecular weight is 354 g/mol. The van der Waals surface area contributed by atoms with Crippen LogP contribution in [0.15, 0.2) is 15.0 Å². The van der Waals surface area contributed by atoms with Gasteiger partial charge in [-0.05, 0) is 32.5 Å². The lowest BCUT2D eigenvalue weighted by Crippen LogP contribution is -2.22. The van der Waals surface area contributed by atoms with Crippen molar-refractivity contribution in [3.8, 4) is 5.88 Å². The Kier molecular flexibility index (Phi) is 6.11. The van der Waals surface area contributed by atoms with Crippen LogP contribution in [0.5, 0.6) is 5.88 Å². The van der Waals surface area contributed by atoms with E-state index in [9.17, 15) is 4.79 Å². The van der Waals surface area contributed by atoms with Crippen LogP contribution in [0.25, 0.3) is 0 Å². The number of hydrogen-bond donors (Lipinski definition) is 1. The molecule has 0 saturated carbocycles. The highest BCUT2D eigenvalue weighted by Gasteiger charge is 2.14. The Morgan fingerprint density at radius 3 is 2.74 bits per heavy atom. The first-order valence-electron chi connectivity index (χ1n) is 7.28. The number of nitrogens with one attached hydrogen (secondary N) is 1. The third-order valence-corrected chi connectivity index (χ3v) is 3.95. The van der Waals surface area contributed by atoms with Crippen molar-refractivity contribution in [3.05, 3.63) is 20.1 Å². The zero-order chi connectivity index (χ0) is 16.8. The van der Waals surface area contributed by atoms with Gasteiger partial charge < -0.3 is 9.72 Å². The van der Waals surface area contributed by atoms with Gasteiger partial charge in [-0.25, -0.2) is 0 Å². The molecule has 23 heavy (non-hydrogen) atoms. The fraction of sp³-hybridized carbons (Fsp3) is 0.538. The van der Waals surface area contributed by atoms with Crippen LogP contribution in [0.3, 0.4) is 0 Å². The molecule has 0 radical (unpaired) electrons. The van der Waals surface area contributed by atoms with Crippen LogP contribution in [0.1, 0.15) is 31.7 Å². The Morgan fingerprint density at radius 2 is 2.13 bits per heavy atom. The number of ether oxygens (including phenoxy) is 1. The summed E-state index contributed by atoms with van der Waals surface area (Å²) in [5.41, 5.74) is -0.236. The van der Waals surface area contributed by atoms with Gasteiger partial charge in [0, 0.05) is 6.54 Å². The van der Waals surface area contributed by atoms with Crippen molar-refractivity contribution in [1.29, 1.82) is 0 Å². The molecule has 0 saturated heterocycles. The second-order valence-corrected chi connectivity index (χ2v) is 6.20. The molecule has 0 spiro atoms. The van der Waals surface area contributed by atoms with Crippen LogP contribution in [0, 0.1) is 11.7 Å². The fourth-order valence-electron chi connectivity index (χ4n) is 1.82. The number of azo groups is 1. The van der Waals surface area contributed by atoms with E-state index in [1.54, 1.807) is 0 Å². The number of unbranched alkanes of at least 4 members (excludes halogenated alkanes) is 1. The van der Waals surface area contributed by atoms with E-state index in [4.69, 9.17) is 17.0 Å². The van der Waals surface area contributed by atoms with Gasteiger partial charge in [0.15, 0.2) is 4.77 Å². The maximum Gasteiger partial charge on any atom is 0.286 e. The van der Waals surface area contributed by atoms with Crippen LogP contribution in [0.2, 0.25) is 0 Å². The van der Waals surface area contributed by atoms with Crippen LogP contribution >= 0.6 is 23.6 Å². The molecule has 2 rings (SSSR count). The van der Waals surface area contributed by atoms with Gasteiger partial charge in [0.25, 0.3) is 10.7 Å². The second-order valence-electron chi connectivity index (χ2n) is 4.65. The maximum absolute atomic E-state index is 12.6. The number of aromatic amines is 1. The Bertz CT molecular complexity index is 808. The Morgan fingerprint density at radius 1 is 1.35 bits per heavy atom. The topological polar surface area (TPSA) is 97.5 Å². The van der Waals surface area contributed by atoms with Crippen molar-refractivity contribution in [1.82, 2.24) is 19.7 Å². The molecule has 0 amide bonds. The van der Waals surface area contributed by atoms with Crippen LogP contribution in [-0.4, -0.2) is 26.4 Å². The van der Waals surface area contributed by atoms with Gasteiger partial charge in [-0.1, -0.05) is 24.7 Å². The van der Waals surface area contributed by atoms with E-state index in [0.29, 0.717) is 23.1 Å². The van der Waals surface area contributed by atoms with Gasteiger partial charge in [0.05, 0.1) is 6.61 Å². The van der Waals surface area contributed by atoms with E-state index < -0.39 is 0 Å². The molecule has 8 nitrogen and oxygen atoms in total. The molecular formula is C13H18N6O2S2. The summed E-state index contributed by atoms with van der Waals surface area (Å²) in [6, 6.07) is 0. The van der Waals surface area contributed by atoms with Crippen LogP contribution in [-0.2, 0) is 6.54 Å². The predicted octanol–water partition coefficient (Wildman–Crippen LogP) is 3.68. The first kappa shape index (κ1) is 17.4. The molecular weight excluding hydrogens is 336 g/mol. The predicted molar refractivity (Wildman–Crippen MR) is 90.8 cm³/mol. The number of aromatic nitrogens is 4. The summed E-state index contributed by atoms with van der Waals surface area (Å²) in [5.74, 6) is 0.222. The lowest BCUT2D eigenvalue weighted by Gasteiger charge is -2.10. The molecule has 0 aliphatic rings. The Labute approximate surface area is 142 Å². The van der Waals surface area contributed by atoms with E-state index in [1.807, 2.05) is 20.8 Å². The molecule has 0 bridgehead atoms. The SMILES string of the molecule is CCCCn1c(=S)[nH]c(OCC)c(N=Nc2nnc(C)s2)c1=O. The fourth-order valence-corrected chi connectivity index (χ4v) is 2.59. The number of rotatable bonds is 7. The largest absolute Gasteiger partial charge is 0.478 e. The molecule has 0 unspecified atom stereocenters. The molecule has 10 heteroatoms. The minimum Gasteiger partial charge on any atom is -0.478 e. The standard InChI is InChI=1S/C13H18N6O2S2/c1-4-6-7-19-11(20)9(10(21-5-2)14-13(19)22)16-18-12-17-15-8(3)23-12/h4-7H2,1-3H3,(H,14,22). The molecule has 2 heterocycles. The summed E-state index contributed by atoms with van der Waals surface area (Å²) < 4.78 is 7.22. The summed E-state index contributed by atoms with van der Waals surface area (Å²) in [6.45, 7) is 6.58. The highest BCUT2D eigenvalue weighted by molar-refractivity contribution is 7.71. The van der Waals surface area contributed by atoms with Crippen molar-refractivity contribution >= 4 is 34.4 Å². The van der Waals surface area contributed by atoms with Gasteiger partial charge in [-0.15, -0.1) is 20.4 Å². The van der Waals surface area contributed by atoms with Gasteiger partial charge in [0.1, 0.15) is 5.01 Å². The van der Waals surface area contributed by atoms with E-state index >= 15 is 0 Å². The minimum atomic E-state index is -0.323. The van der Waals surface area contributed by atoms with E-state index in [1.165, 1.54) is 15.9 Å². The number of aryl methyl sites for hydroxylation is 1. The summed E-state index contributed by atoms with van der Waals surface area (Å²) in [7, 11) is 0. The second kappa shape index (κ2) is 8.06. The summed E-state index contributed by atoms with van der Waals surface area (Å²) in [5, 5.41) is 16.9. The molecule has 0 fully saturated rings. The van der Waals surface area contributed by atoms with Crippen LogP contribution in [0.4, 0.5) is 10.8 Å². The van der Waals surface area contributed by atoms with Crippen molar-refractivity contribution in [2.24, 2.45) is 10.2 Å². The molecule has 1 N–H and O–H groups in total. The zero-order valence-corrected chi connectivity index (χ0v) is 14.8. The third kappa shape index (κ3) is 4.29. The smallest absolute Gasteiger partial charge is 0.286 e. The van der Waals surface area contributed by atoms with Gasteiger partial charge >= 0.3 is 0 Å². The molecule has 124 valence electrons. The van der Waals surface area contributed by atoms with E-state index in [-0.39, 0.29) is 17.1 Å². The van der Waals surface area contributed by atoms with Crippen molar-refractivity contribution in [3.63, 3.8) is 0 Å². The van der Waals surface area contributed by atoms with Gasteiger partial charge in [-0.2, -0.15) is 0 Å². The highest BCUT2D eigenvalue weighted by atomic mass is 32.1. The zero-order valence-electron chi connectivity index (χ0n) is 13.2. The first-order chi connectivity index (χ1) is 11.1. The van der Waals surface area contributed by atoms with Crippen molar-refractivity contribution in [2.45, 2.75) is 40.2 Å². The van der Waals surface area contributed by atoms with Crippen molar-refractivity contribution < 1.29 is 4.74 Å². The average Bonchev–Trinajstić information content (AvgIpc) is 2.92. The lowest BCUT2D eigenvalue weighted by atomic mass is 10.3. The van der Waals surface area contributed by atoms with E-state index in [0.717, 1.165) is 17.8 Å². The number of nitrogens with zero attached hydrogens (tertiary/aromatic N) is 5. The van der Waals surface area contributed by atoms with Gasteiger partial charge in [-0.3, -0.25) is 9.36 Å². The first-order valence-corrected chi connectivity index (χ1v) is 8.51. The van der Waals surface area contributed by atoms with Gasteiger partial charge in [0.2, 0.25) is 11.6 Å². The van der Waals surface area contributed by atoms with E-state index in [2.05, 4.69) is 25.4 Å². The third-order valence-electron chi connectivity index (χ3n) is 2.90. The number of H-pyrrole nitrogens is 1. The number of hydrogen-bond acceptors (Lipinski definition) is 8. The molecule has 2 aromatic heterocycles. The summed E-state index contributed by atoms with van der Waals surface area (Å²) in [6.07, 6.45) is 1.80. The van der Waals surface area contributed by atoms with Crippen LogP contribution < -0.4 is 10.3 Å². The van der Waals surface area contributed by atoms with Crippen molar-refractivity contribution in [2.75, 3.05) is 6.61 Å². The quantitative estimate of drug-likeness (QED) is 0.604. The normalized spacial score (nSPS) is 11.3. The lowest BCUT2D eigenvalue weighted by molar-refractivity contribution is 0.324. The molecule has 2 aromatic rings. The molecule has 0 aliphatic carbocycles. The molecule has 0 aliphatic heterocycles. The molecule has 0 atom stereocenters. The summed E-state index contributed by atoms with van der Waals surface area (Å²) >= 11 is 6.52. The monoisotopic (exact) mass is 354 g/mol. The Balaban J connectivity index is 2.47. The molecule has 0 aromatic carbocycles.